The second kappa shape index (κ2) is 5.08. The first-order valence-corrected chi connectivity index (χ1v) is 9.61. The number of allylic oxidation sites excluding steroid dienone is 2. The zero-order chi connectivity index (χ0) is 17.1. The van der Waals surface area contributed by atoms with Gasteiger partial charge in [-0.15, -0.1) is 0 Å². The minimum atomic E-state index is 0.0526. The highest BCUT2D eigenvalue weighted by molar-refractivity contribution is 6.11. The van der Waals surface area contributed by atoms with Crippen LogP contribution in [0.15, 0.2) is 84.9 Å². The molecule has 0 bridgehead atoms. The maximum absolute atomic E-state index is 2.49. The summed E-state index contributed by atoms with van der Waals surface area (Å²) < 4.78 is 0. The number of benzene rings is 4. The second-order valence-electron chi connectivity index (χ2n) is 7.68. The van der Waals surface area contributed by atoms with Crippen LogP contribution in [0.4, 0.5) is 0 Å². The molecule has 0 aliphatic heterocycles. The van der Waals surface area contributed by atoms with Crippen molar-refractivity contribution in [3.63, 3.8) is 0 Å². The lowest BCUT2D eigenvalue weighted by atomic mass is 9.71. The average molecular weight is 332 g/mol. The van der Waals surface area contributed by atoms with Crippen molar-refractivity contribution in [2.24, 2.45) is 0 Å². The standard InChI is InChI=1S/C26H20/c1-6-16-26(17-7-1)22-14-12-18-8-2-4-10-20(18)24(22)25-21-11-5-3-9-19(21)13-15-23(25)26/h2-6,8-16H,1,7,17H2. The van der Waals surface area contributed by atoms with Gasteiger partial charge < -0.3 is 0 Å². The Morgan fingerprint density at radius 2 is 1.19 bits per heavy atom. The molecule has 124 valence electrons. The van der Waals surface area contributed by atoms with E-state index in [4.69, 9.17) is 0 Å². The maximum Gasteiger partial charge on any atom is 0.0394 e. The molecular weight excluding hydrogens is 312 g/mol. The average Bonchev–Trinajstić information content (AvgIpc) is 2.99. The molecule has 0 nitrogen and oxygen atoms in total. The largest absolute Gasteiger partial charge is 0.0873 e. The van der Waals surface area contributed by atoms with Gasteiger partial charge in [0.2, 0.25) is 0 Å². The lowest BCUT2D eigenvalue weighted by molar-refractivity contribution is 0.541. The highest BCUT2D eigenvalue weighted by atomic mass is 14.4. The van der Waals surface area contributed by atoms with Gasteiger partial charge in [0.05, 0.1) is 0 Å². The predicted octanol–water partition coefficient (Wildman–Crippen LogP) is 7.00. The van der Waals surface area contributed by atoms with E-state index in [9.17, 15) is 0 Å². The predicted molar refractivity (Wildman–Crippen MR) is 111 cm³/mol. The zero-order valence-corrected chi connectivity index (χ0v) is 14.7. The van der Waals surface area contributed by atoms with Crippen LogP contribution in [-0.4, -0.2) is 0 Å². The topological polar surface area (TPSA) is 0 Å². The van der Waals surface area contributed by atoms with Crippen LogP contribution < -0.4 is 0 Å². The van der Waals surface area contributed by atoms with Gasteiger partial charge in [-0.25, -0.2) is 0 Å². The number of hydrogen-bond donors (Lipinski definition) is 0. The summed E-state index contributed by atoms with van der Waals surface area (Å²) in [6.07, 6.45) is 8.56. The highest BCUT2D eigenvalue weighted by Gasteiger charge is 2.43. The van der Waals surface area contributed by atoms with E-state index >= 15 is 0 Å². The van der Waals surface area contributed by atoms with Gasteiger partial charge in [0.1, 0.15) is 0 Å². The van der Waals surface area contributed by atoms with Crippen LogP contribution in [0.2, 0.25) is 0 Å². The lowest BCUT2D eigenvalue weighted by Gasteiger charge is -2.31. The minimum absolute atomic E-state index is 0.0526. The van der Waals surface area contributed by atoms with Gasteiger partial charge in [-0.05, 0) is 63.1 Å². The fourth-order valence-corrected chi connectivity index (χ4v) is 5.29. The minimum Gasteiger partial charge on any atom is -0.0873 e. The van der Waals surface area contributed by atoms with E-state index < -0.39 is 0 Å². The zero-order valence-electron chi connectivity index (χ0n) is 14.7. The smallest absolute Gasteiger partial charge is 0.0394 e. The molecular formula is C26H20. The molecule has 0 heterocycles. The van der Waals surface area contributed by atoms with E-state index in [1.807, 2.05) is 0 Å². The quantitative estimate of drug-likeness (QED) is 0.304. The molecule has 6 rings (SSSR count). The van der Waals surface area contributed by atoms with E-state index in [1.54, 1.807) is 0 Å². The Morgan fingerprint density at radius 3 is 1.73 bits per heavy atom. The van der Waals surface area contributed by atoms with Crippen LogP contribution in [0, 0.1) is 0 Å². The van der Waals surface area contributed by atoms with Gasteiger partial charge in [-0.3, -0.25) is 0 Å². The Balaban J connectivity index is 1.86. The van der Waals surface area contributed by atoms with Crippen LogP contribution in [0.25, 0.3) is 32.7 Å². The van der Waals surface area contributed by atoms with Crippen LogP contribution in [0.1, 0.15) is 30.4 Å². The van der Waals surface area contributed by atoms with Crippen LogP contribution in [-0.2, 0) is 5.41 Å². The Hall–Kier alpha value is -2.86. The molecule has 0 N–H and O–H groups in total. The molecule has 0 heteroatoms. The molecule has 2 aliphatic carbocycles. The van der Waals surface area contributed by atoms with Crippen molar-refractivity contribution in [1.82, 2.24) is 0 Å². The van der Waals surface area contributed by atoms with Crippen LogP contribution >= 0.6 is 0 Å². The third-order valence-corrected chi connectivity index (χ3v) is 6.41. The van der Waals surface area contributed by atoms with Crippen molar-refractivity contribution in [3.8, 4) is 11.1 Å². The van der Waals surface area contributed by atoms with Gasteiger partial charge in [0, 0.05) is 5.41 Å². The molecule has 1 spiro atoms. The first-order chi connectivity index (χ1) is 12.9. The summed E-state index contributed by atoms with van der Waals surface area (Å²) in [6.45, 7) is 0. The fourth-order valence-electron chi connectivity index (χ4n) is 5.29. The van der Waals surface area contributed by atoms with Crippen molar-refractivity contribution in [3.05, 3.63) is 96.1 Å². The Morgan fingerprint density at radius 1 is 0.615 bits per heavy atom. The first-order valence-electron chi connectivity index (χ1n) is 9.61. The molecule has 0 aromatic heterocycles. The Labute approximate surface area is 153 Å². The lowest BCUT2D eigenvalue weighted by Crippen LogP contribution is -2.24. The van der Waals surface area contributed by atoms with Gasteiger partial charge in [0.15, 0.2) is 0 Å². The number of hydrogen-bond acceptors (Lipinski definition) is 0. The third-order valence-electron chi connectivity index (χ3n) is 6.41. The maximum atomic E-state index is 2.49. The normalized spacial score (nSPS) is 16.9. The summed E-state index contributed by atoms with van der Waals surface area (Å²) >= 11 is 0. The van der Waals surface area contributed by atoms with E-state index in [0.717, 1.165) is 0 Å². The van der Waals surface area contributed by atoms with Gasteiger partial charge >= 0.3 is 0 Å². The first kappa shape index (κ1) is 14.3. The molecule has 0 saturated heterocycles. The summed E-state index contributed by atoms with van der Waals surface area (Å²) in [6, 6.07) is 27.1. The monoisotopic (exact) mass is 332 g/mol. The summed E-state index contributed by atoms with van der Waals surface area (Å²) in [7, 11) is 0. The van der Waals surface area contributed by atoms with Crippen molar-refractivity contribution in [2.75, 3.05) is 0 Å². The van der Waals surface area contributed by atoms with Crippen molar-refractivity contribution < 1.29 is 0 Å². The van der Waals surface area contributed by atoms with E-state index in [-0.39, 0.29) is 5.41 Å². The van der Waals surface area contributed by atoms with E-state index in [0.29, 0.717) is 0 Å². The molecule has 0 amide bonds. The van der Waals surface area contributed by atoms with Gasteiger partial charge in [-0.2, -0.15) is 0 Å². The van der Waals surface area contributed by atoms with E-state index in [2.05, 4.69) is 84.9 Å². The van der Waals surface area contributed by atoms with Crippen LogP contribution in [0.5, 0.6) is 0 Å². The summed E-state index contributed by atoms with van der Waals surface area (Å²) in [5.74, 6) is 0. The van der Waals surface area contributed by atoms with Crippen molar-refractivity contribution in [1.29, 1.82) is 0 Å². The van der Waals surface area contributed by atoms with E-state index in [1.165, 1.54) is 63.1 Å². The summed E-state index contributed by atoms with van der Waals surface area (Å²) in [5.41, 5.74) is 5.97. The fraction of sp³-hybridized carbons (Fsp3) is 0.154. The molecule has 4 aromatic carbocycles. The molecule has 0 unspecified atom stereocenters. The highest BCUT2D eigenvalue weighted by Crippen LogP contribution is 2.57. The van der Waals surface area contributed by atoms with Gasteiger partial charge in [0.25, 0.3) is 0 Å². The number of rotatable bonds is 0. The SMILES string of the molecule is C1=CC2(CCC1)c1ccc3ccccc3c1-c1c2ccc2ccccc12. The van der Waals surface area contributed by atoms with Crippen LogP contribution in [0.3, 0.4) is 0 Å². The van der Waals surface area contributed by atoms with Crippen molar-refractivity contribution >= 4 is 21.5 Å². The second-order valence-corrected chi connectivity index (χ2v) is 7.68. The molecule has 4 aromatic rings. The third kappa shape index (κ3) is 1.69. The molecule has 2 aliphatic rings. The summed E-state index contributed by atoms with van der Waals surface area (Å²) in [5, 5.41) is 5.45. The Bertz CT molecular complexity index is 1120. The molecule has 0 saturated carbocycles. The summed E-state index contributed by atoms with van der Waals surface area (Å²) in [4.78, 5) is 0. The molecule has 0 fully saturated rings. The molecule has 26 heavy (non-hydrogen) atoms. The molecule has 0 atom stereocenters. The molecule has 0 radical (unpaired) electrons. The van der Waals surface area contributed by atoms with Crippen molar-refractivity contribution in [2.45, 2.75) is 24.7 Å². The number of fused-ring (bicyclic) bond motifs is 9. The van der Waals surface area contributed by atoms with Gasteiger partial charge in [-0.1, -0.05) is 84.9 Å². The Kier molecular flexibility index (Phi) is 2.80.